The standard InChI is InChI=1S/C23H26N2O5/c1-6-30-23(28)17-13(4)24-20-16(11-12(2)3)25-21(26)19(20)18(17)14-7-9-15(10-8-14)22(27)29-5/h7-10,12,16H,6,11H2,1-5H3,(H,25,26). The molecule has 0 saturated heterocycles. The molecule has 7 nitrogen and oxygen atoms in total. The monoisotopic (exact) mass is 410 g/mol. The number of aryl methyl sites for hydroxylation is 1. The zero-order valence-electron chi connectivity index (χ0n) is 17.9. The molecule has 1 N–H and O–H groups in total. The summed E-state index contributed by atoms with van der Waals surface area (Å²) >= 11 is 0. The molecule has 3 rings (SSSR count). The van der Waals surface area contributed by atoms with Crippen LogP contribution in [0.5, 0.6) is 0 Å². The molecule has 0 aliphatic carbocycles. The minimum Gasteiger partial charge on any atom is -0.465 e. The van der Waals surface area contributed by atoms with Crippen molar-refractivity contribution in [1.29, 1.82) is 0 Å². The van der Waals surface area contributed by atoms with E-state index in [1.165, 1.54) is 7.11 Å². The number of carbonyl (C=O) groups is 3. The summed E-state index contributed by atoms with van der Waals surface area (Å²) in [6, 6.07) is 6.41. The van der Waals surface area contributed by atoms with Gasteiger partial charge in [0.2, 0.25) is 0 Å². The van der Waals surface area contributed by atoms with Crippen LogP contribution >= 0.6 is 0 Å². The van der Waals surface area contributed by atoms with Crippen molar-refractivity contribution in [2.24, 2.45) is 5.92 Å². The maximum Gasteiger partial charge on any atom is 0.340 e. The van der Waals surface area contributed by atoms with Crippen molar-refractivity contribution in [2.75, 3.05) is 13.7 Å². The first-order chi connectivity index (χ1) is 14.3. The third-order valence-electron chi connectivity index (χ3n) is 5.05. The van der Waals surface area contributed by atoms with E-state index in [0.717, 1.165) is 6.42 Å². The highest BCUT2D eigenvalue weighted by Crippen LogP contribution is 2.39. The SMILES string of the molecule is CCOC(=O)c1c(C)nc2c(c1-c1ccc(C(=O)OC)cc1)C(=O)NC2CC(C)C. The lowest BCUT2D eigenvalue weighted by atomic mass is 9.90. The van der Waals surface area contributed by atoms with Crippen LogP contribution in [0, 0.1) is 12.8 Å². The number of rotatable bonds is 6. The Bertz CT molecular complexity index is 996. The van der Waals surface area contributed by atoms with Gasteiger partial charge in [-0.1, -0.05) is 26.0 Å². The molecule has 158 valence electrons. The molecule has 30 heavy (non-hydrogen) atoms. The molecule has 0 fully saturated rings. The van der Waals surface area contributed by atoms with E-state index in [-0.39, 0.29) is 24.1 Å². The molecule has 2 heterocycles. The Morgan fingerprint density at radius 1 is 1.13 bits per heavy atom. The smallest absolute Gasteiger partial charge is 0.340 e. The fourth-order valence-corrected chi connectivity index (χ4v) is 3.78. The van der Waals surface area contributed by atoms with E-state index in [2.05, 4.69) is 24.1 Å². The van der Waals surface area contributed by atoms with Crippen LogP contribution in [0.25, 0.3) is 11.1 Å². The maximum atomic E-state index is 12.9. The summed E-state index contributed by atoms with van der Waals surface area (Å²) in [5.41, 5.74) is 3.30. The number of ether oxygens (including phenoxy) is 2. The first-order valence-electron chi connectivity index (χ1n) is 9.99. The lowest BCUT2D eigenvalue weighted by molar-refractivity contribution is 0.0524. The first kappa shape index (κ1) is 21.5. The van der Waals surface area contributed by atoms with Crippen molar-refractivity contribution in [1.82, 2.24) is 10.3 Å². The second-order valence-corrected chi connectivity index (χ2v) is 7.65. The van der Waals surface area contributed by atoms with Gasteiger partial charge in [0.25, 0.3) is 5.91 Å². The molecule has 0 saturated carbocycles. The number of aromatic nitrogens is 1. The predicted molar refractivity (Wildman–Crippen MR) is 111 cm³/mol. The van der Waals surface area contributed by atoms with E-state index in [0.29, 0.717) is 39.6 Å². The Morgan fingerprint density at radius 3 is 2.37 bits per heavy atom. The van der Waals surface area contributed by atoms with E-state index >= 15 is 0 Å². The second-order valence-electron chi connectivity index (χ2n) is 7.65. The third-order valence-corrected chi connectivity index (χ3v) is 5.05. The Kier molecular flexibility index (Phi) is 6.20. The second kappa shape index (κ2) is 8.65. The highest BCUT2D eigenvalue weighted by Gasteiger charge is 2.37. The summed E-state index contributed by atoms with van der Waals surface area (Å²) in [5.74, 6) is -0.896. The van der Waals surface area contributed by atoms with Crippen LogP contribution in [-0.4, -0.2) is 36.5 Å². The van der Waals surface area contributed by atoms with Crippen molar-refractivity contribution < 1.29 is 23.9 Å². The van der Waals surface area contributed by atoms with Gasteiger partial charge in [0.1, 0.15) is 0 Å². The lowest BCUT2D eigenvalue weighted by Gasteiger charge is -2.17. The molecule has 1 aliphatic heterocycles. The Hall–Kier alpha value is -3.22. The van der Waals surface area contributed by atoms with Gasteiger partial charge in [0, 0.05) is 5.56 Å². The minimum atomic E-state index is -0.530. The number of esters is 2. The first-order valence-corrected chi connectivity index (χ1v) is 9.99. The van der Waals surface area contributed by atoms with Crippen molar-refractivity contribution >= 4 is 17.8 Å². The van der Waals surface area contributed by atoms with E-state index in [9.17, 15) is 14.4 Å². The van der Waals surface area contributed by atoms with Crippen molar-refractivity contribution in [2.45, 2.75) is 40.2 Å². The summed E-state index contributed by atoms with van der Waals surface area (Å²) in [6.45, 7) is 7.84. The number of carbonyl (C=O) groups excluding carboxylic acids is 3. The summed E-state index contributed by atoms with van der Waals surface area (Å²) in [5, 5.41) is 3.00. The topological polar surface area (TPSA) is 94.6 Å². The van der Waals surface area contributed by atoms with Crippen molar-refractivity contribution in [3.8, 4) is 11.1 Å². The molecule has 0 radical (unpaired) electrons. The van der Waals surface area contributed by atoms with E-state index in [1.54, 1.807) is 38.1 Å². The van der Waals surface area contributed by atoms with Crippen molar-refractivity contribution in [3.05, 3.63) is 52.3 Å². The molecule has 1 amide bonds. The highest BCUT2D eigenvalue weighted by molar-refractivity contribution is 6.10. The molecule has 0 bridgehead atoms. The molecule has 1 aromatic heterocycles. The van der Waals surface area contributed by atoms with Gasteiger partial charge in [0.15, 0.2) is 0 Å². The number of nitrogens with one attached hydrogen (secondary N) is 1. The number of nitrogens with zero attached hydrogens (tertiary/aromatic N) is 1. The molecular weight excluding hydrogens is 384 g/mol. The number of amides is 1. The fourth-order valence-electron chi connectivity index (χ4n) is 3.78. The lowest BCUT2D eigenvalue weighted by Crippen LogP contribution is -2.20. The zero-order chi connectivity index (χ0) is 22.0. The van der Waals surface area contributed by atoms with Crippen molar-refractivity contribution in [3.63, 3.8) is 0 Å². The summed E-state index contributed by atoms with van der Waals surface area (Å²) < 4.78 is 10.0. The zero-order valence-corrected chi connectivity index (χ0v) is 17.9. The Labute approximate surface area is 175 Å². The van der Waals surface area contributed by atoms with Crippen LogP contribution in [0.15, 0.2) is 24.3 Å². The number of fused-ring (bicyclic) bond motifs is 1. The predicted octanol–water partition coefficient (Wildman–Crippen LogP) is 3.85. The summed E-state index contributed by atoms with van der Waals surface area (Å²) in [4.78, 5) is 42.1. The number of methoxy groups -OCH3 is 1. The van der Waals surface area contributed by atoms with Crippen LogP contribution in [0.3, 0.4) is 0 Å². The molecule has 1 aromatic carbocycles. The number of pyridine rings is 1. The van der Waals surface area contributed by atoms with Gasteiger partial charge in [0.05, 0.1) is 47.8 Å². The molecule has 0 spiro atoms. The van der Waals surface area contributed by atoms with Crippen LogP contribution in [0.2, 0.25) is 0 Å². The van der Waals surface area contributed by atoms with Crippen LogP contribution < -0.4 is 5.32 Å². The van der Waals surface area contributed by atoms with Gasteiger partial charge in [-0.25, -0.2) is 9.59 Å². The number of hydrogen-bond donors (Lipinski definition) is 1. The fraction of sp³-hybridized carbons (Fsp3) is 0.391. The minimum absolute atomic E-state index is 0.207. The van der Waals surface area contributed by atoms with Gasteiger partial charge in [-0.2, -0.15) is 0 Å². The average molecular weight is 410 g/mol. The third kappa shape index (κ3) is 3.92. The molecule has 1 unspecified atom stereocenters. The summed E-state index contributed by atoms with van der Waals surface area (Å²) in [7, 11) is 1.31. The van der Waals surface area contributed by atoms with Gasteiger partial charge in [-0.3, -0.25) is 9.78 Å². The van der Waals surface area contributed by atoms with Crippen LogP contribution in [-0.2, 0) is 9.47 Å². The molecular formula is C23H26N2O5. The molecule has 2 aromatic rings. The Morgan fingerprint density at radius 2 is 1.80 bits per heavy atom. The summed E-state index contributed by atoms with van der Waals surface area (Å²) in [6.07, 6.45) is 0.741. The van der Waals surface area contributed by atoms with E-state index < -0.39 is 11.9 Å². The largest absolute Gasteiger partial charge is 0.465 e. The Balaban J connectivity index is 2.24. The molecule has 1 aliphatic rings. The van der Waals surface area contributed by atoms with E-state index in [1.807, 2.05) is 0 Å². The van der Waals surface area contributed by atoms with Gasteiger partial charge in [-0.05, 0) is 43.9 Å². The van der Waals surface area contributed by atoms with Gasteiger partial charge >= 0.3 is 11.9 Å². The average Bonchev–Trinajstić information content (AvgIpc) is 3.00. The van der Waals surface area contributed by atoms with E-state index in [4.69, 9.17) is 9.47 Å². The number of benzene rings is 1. The maximum absolute atomic E-state index is 12.9. The quantitative estimate of drug-likeness (QED) is 0.727. The molecule has 1 atom stereocenters. The molecule has 7 heteroatoms. The van der Waals surface area contributed by atoms with Crippen LogP contribution in [0.4, 0.5) is 0 Å². The van der Waals surface area contributed by atoms with Gasteiger partial charge < -0.3 is 14.8 Å². The van der Waals surface area contributed by atoms with Crippen LogP contribution in [0.1, 0.15) is 75.7 Å². The van der Waals surface area contributed by atoms with Gasteiger partial charge in [-0.15, -0.1) is 0 Å². The number of hydrogen-bond acceptors (Lipinski definition) is 6. The normalized spacial score (nSPS) is 15.0. The highest BCUT2D eigenvalue weighted by atomic mass is 16.5.